The Hall–Kier alpha value is -1.35. The molecule has 0 amide bonds. The van der Waals surface area contributed by atoms with Crippen LogP contribution < -0.4 is 10.1 Å². The molecule has 1 N–H and O–H groups in total. The average Bonchev–Trinajstić information content (AvgIpc) is 2.32. The lowest BCUT2D eigenvalue weighted by atomic mass is 10.0. The van der Waals surface area contributed by atoms with Crippen LogP contribution in [0.1, 0.15) is 30.0 Å². The van der Waals surface area contributed by atoms with E-state index >= 15 is 0 Å². The number of nitrogens with one attached hydrogen (secondary N) is 1. The zero-order chi connectivity index (χ0) is 13.5. The van der Waals surface area contributed by atoms with Crippen molar-refractivity contribution in [2.45, 2.75) is 33.6 Å². The summed E-state index contributed by atoms with van der Waals surface area (Å²) in [6, 6.07) is 4.26. The molecule has 0 aliphatic heterocycles. The number of hydrogen-bond acceptors (Lipinski definition) is 3. The summed E-state index contributed by atoms with van der Waals surface area (Å²) >= 11 is 0. The second-order valence-electron chi connectivity index (χ2n) is 4.70. The fraction of sp³-hybridized carbons (Fsp3) is 0.533. The predicted octanol–water partition coefficient (Wildman–Crippen LogP) is 2.42. The van der Waals surface area contributed by atoms with Crippen molar-refractivity contribution >= 4 is 5.78 Å². The summed E-state index contributed by atoms with van der Waals surface area (Å²) < 4.78 is 5.39. The van der Waals surface area contributed by atoms with Gasteiger partial charge in [-0.2, -0.15) is 0 Å². The summed E-state index contributed by atoms with van der Waals surface area (Å²) in [5.74, 6) is 1.18. The Labute approximate surface area is 110 Å². The van der Waals surface area contributed by atoms with Crippen molar-refractivity contribution in [1.29, 1.82) is 0 Å². The SMILES string of the molecule is COc1cc(C)c(C)cc1CCNCCC(C)=O. The number of ether oxygens (including phenoxy) is 1. The quantitative estimate of drug-likeness (QED) is 0.754. The van der Waals surface area contributed by atoms with Crippen molar-refractivity contribution in [2.75, 3.05) is 20.2 Å². The van der Waals surface area contributed by atoms with E-state index in [9.17, 15) is 4.79 Å². The van der Waals surface area contributed by atoms with Crippen LogP contribution in [0.2, 0.25) is 0 Å². The summed E-state index contributed by atoms with van der Waals surface area (Å²) in [5, 5.41) is 3.27. The van der Waals surface area contributed by atoms with Crippen LogP contribution in [0.5, 0.6) is 5.75 Å². The van der Waals surface area contributed by atoms with Crippen molar-refractivity contribution in [3.8, 4) is 5.75 Å². The Morgan fingerprint density at radius 2 is 1.89 bits per heavy atom. The molecule has 100 valence electrons. The number of rotatable bonds is 7. The summed E-state index contributed by atoms with van der Waals surface area (Å²) in [5.41, 5.74) is 3.76. The van der Waals surface area contributed by atoms with Crippen molar-refractivity contribution in [2.24, 2.45) is 0 Å². The highest BCUT2D eigenvalue weighted by Crippen LogP contribution is 2.23. The number of hydrogen-bond donors (Lipinski definition) is 1. The normalized spacial score (nSPS) is 10.4. The highest BCUT2D eigenvalue weighted by atomic mass is 16.5. The molecule has 3 heteroatoms. The molecule has 18 heavy (non-hydrogen) atoms. The first-order valence-corrected chi connectivity index (χ1v) is 6.39. The molecule has 0 unspecified atom stereocenters. The Bertz CT molecular complexity index is 413. The van der Waals surface area contributed by atoms with Gasteiger partial charge in [-0.25, -0.2) is 0 Å². The van der Waals surface area contributed by atoms with Gasteiger partial charge in [0.2, 0.25) is 0 Å². The zero-order valence-corrected chi connectivity index (χ0v) is 11.8. The Balaban J connectivity index is 2.51. The first kappa shape index (κ1) is 14.7. The molecule has 0 aliphatic carbocycles. The highest BCUT2D eigenvalue weighted by molar-refractivity contribution is 5.75. The van der Waals surface area contributed by atoms with Crippen molar-refractivity contribution in [3.63, 3.8) is 0 Å². The summed E-state index contributed by atoms with van der Waals surface area (Å²) in [7, 11) is 1.71. The zero-order valence-electron chi connectivity index (χ0n) is 11.8. The van der Waals surface area contributed by atoms with Gasteiger partial charge in [0.1, 0.15) is 11.5 Å². The largest absolute Gasteiger partial charge is 0.496 e. The van der Waals surface area contributed by atoms with Gasteiger partial charge in [-0.15, -0.1) is 0 Å². The molecule has 0 radical (unpaired) electrons. The average molecular weight is 249 g/mol. The van der Waals surface area contributed by atoms with Crippen LogP contribution in [0.4, 0.5) is 0 Å². The van der Waals surface area contributed by atoms with Crippen molar-refractivity contribution in [1.82, 2.24) is 5.32 Å². The van der Waals surface area contributed by atoms with Gasteiger partial charge in [0, 0.05) is 13.0 Å². The summed E-state index contributed by atoms with van der Waals surface area (Å²) in [6.07, 6.45) is 1.52. The third-order valence-electron chi connectivity index (χ3n) is 3.12. The molecule has 0 saturated heterocycles. The maximum atomic E-state index is 10.8. The van der Waals surface area contributed by atoms with E-state index in [1.807, 2.05) is 0 Å². The third-order valence-corrected chi connectivity index (χ3v) is 3.12. The predicted molar refractivity (Wildman–Crippen MR) is 74.3 cm³/mol. The van der Waals surface area contributed by atoms with Gasteiger partial charge < -0.3 is 10.1 Å². The number of methoxy groups -OCH3 is 1. The van der Waals surface area contributed by atoms with Crippen LogP contribution in [0.25, 0.3) is 0 Å². The van der Waals surface area contributed by atoms with Crippen LogP contribution >= 0.6 is 0 Å². The van der Waals surface area contributed by atoms with Gasteiger partial charge in [-0.3, -0.25) is 4.79 Å². The molecular formula is C15H23NO2. The minimum atomic E-state index is 0.228. The van der Waals surface area contributed by atoms with Gasteiger partial charge in [0.05, 0.1) is 7.11 Å². The van der Waals surface area contributed by atoms with Crippen LogP contribution in [0.15, 0.2) is 12.1 Å². The number of ketones is 1. The molecule has 0 atom stereocenters. The maximum Gasteiger partial charge on any atom is 0.131 e. The molecule has 0 saturated carbocycles. The van der Waals surface area contributed by atoms with Gasteiger partial charge >= 0.3 is 0 Å². The van der Waals surface area contributed by atoms with E-state index in [1.165, 1.54) is 16.7 Å². The monoisotopic (exact) mass is 249 g/mol. The van der Waals surface area contributed by atoms with E-state index in [0.717, 1.165) is 25.3 Å². The summed E-state index contributed by atoms with van der Waals surface area (Å²) in [4.78, 5) is 10.8. The van der Waals surface area contributed by atoms with Crippen LogP contribution in [0.3, 0.4) is 0 Å². The number of benzene rings is 1. The lowest BCUT2D eigenvalue weighted by Crippen LogP contribution is -2.20. The molecule has 0 spiro atoms. The van der Waals surface area contributed by atoms with Crippen LogP contribution in [-0.2, 0) is 11.2 Å². The molecule has 3 nitrogen and oxygen atoms in total. The van der Waals surface area contributed by atoms with E-state index in [-0.39, 0.29) is 5.78 Å². The van der Waals surface area contributed by atoms with Gasteiger partial charge in [-0.1, -0.05) is 6.07 Å². The Kier molecular flexibility index (Phi) is 5.86. The molecule has 1 aromatic carbocycles. The fourth-order valence-electron chi connectivity index (χ4n) is 1.85. The van der Waals surface area contributed by atoms with Gasteiger partial charge in [0.15, 0.2) is 0 Å². The van der Waals surface area contributed by atoms with Gasteiger partial charge in [0.25, 0.3) is 0 Å². The molecular weight excluding hydrogens is 226 g/mol. The molecule has 1 rings (SSSR count). The Morgan fingerprint density at radius 1 is 1.22 bits per heavy atom. The molecule has 0 fully saturated rings. The minimum absolute atomic E-state index is 0.228. The van der Waals surface area contributed by atoms with E-state index < -0.39 is 0 Å². The standard InChI is InChI=1S/C15H23NO2/c1-11-9-14(15(18-4)10-12(11)2)6-8-16-7-5-13(3)17/h9-10,16H,5-8H2,1-4H3. The number of Topliss-reactive ketones (excluding diaryl/α,β-unsaturated/α-hetero) is 1. The lowest BCUT2D eigenvalue weighted by molar-refractivity contribution is -0.116. The van der Waals surface area contributed by atoms with Crippen LogP contribution in [-0.4, -0.2) is 26.0 Å². The Morgan fingerprint density at radius 3 is 2.50 bits per heavy atom. The minimum Gasteiger partial charge on any atom is -0.496 e. The van der Waals surface area contributed by atoms with Crippen LogP contribution in [0, 0.1) is 13.8 Å². The number of carbonyl (C=O) groups is 1. The third kappa shape index (κ3) is 4.49. The van der Waals surface area contributed by atoms with E-state index in [4.69, 9.17) is 4.74 Å². The molecule has 0 aliphatic rings. The van der Waals surface area contributed by atoms with Gasteiger partial charge in [-0.05, 0) is 56.5 Å². The molecule has 0 bridgehead atoms. The topological polar surface area (TPSA) is 38.3 Å². The van der Waals surface area contributed by atoms with Crippen molar-refractivity contribution < 1.29 is 9.53 Å². The lowest BCUT2D eigenvalue weighted by Gasteiger charge is -2.12. The smallest absolute Gasteiger partial charge is 0.131 e. The van der Waals surface area contributed by atoms with E-state index in [0.29, 0.717) is 6.42 Å². The maximum absolute atomic E-state index is 10.8. The first-order chi connectivity index (χ1) is 8.54. The highest BCUT2D eigenvalue weighted by Gasteiger charge is 2.05. The molecule has 1 aromatic rings. The molecule has 0 aromatic heterocycles. The number of aryl methyl sites for hydroxylation is 2. The second kappa shape index (κ2) is 7.17. The second-order valence-corrected chi connectivity index (χ2v) is 4.70. The fourth-order valence-corrected chi connectivity index (χ4v) is 1.85. The summed E-state index contributed by atoms with van der Waals surface area (Å²) in [6.45, 7) is 7.44. The number of carbonyl (C=O) groups excluding carboxylic acids is 1. The molecule has 0 heterocycles. The van der Waals surface area contributed by atoms with Crippen molar-refractivity contribution in [3.05, 3.63) is 28.8 Å². The van der Waals surface area contributed by atoms with E-state index in [2.05, 4.69) is 31.3 Å². The first-order valence-electron chi connectivity index (χ1n) is 6.39. The van der Waals surface area contributed by atoms with E-state index in [1.54, 1.807) is 14.0 Å².